The number of benzene rings is 3. The minimum absolute atomic E-state index is 0.165. The van der Waals surface area contributed by atoms with E-state index < -0.39 is 17.6 Å². The Bertz CT molecular complexity index is 1830. The summed E-state index contributed by atoms with van der Waals surface area (Å²) in [7, 11) is 0. The van der Waals surface area contributed by atoms with Gasteiger partial charge in [-0.1, -0.05) is 18.2 Å². The quantitative estimate of drug-likeness (QED) is 0.156. The van der Waals surface area contributed by atoms with Crippen molar-refractivity contribution in [1.29, 1.82) is 0 Å². The van der Waals surface area contributed by atoms with Crippen LogP contribution in [0.3, 0.4) is 0 Å². The lowest BCUT2D eigenvalue weighted by Crippen LogP contribution is -2.15. The van der Waals surface area contributed by atoms with E-state index in [4.69, 9.17) is 9.47 Å². The molecule has 232 valence electrons. The molecule has 1 aliphatic heterocycles. The van der Waals surface area contributed by atoms with Crippen LogP contribution in [0.2, 0.25) is 0 Å². The van der Waals surface area contributed by atoms with Gasteiger partial charge >= 0.3 is 5.97 Å². The standard InChI is InChI=1S/C35H33F2N3O3S2/c1-2-42-34(41)9-6-23-4-3-5-24(20-23)32-13-17-45-19-18-44-16-12-27-26-10-14-38-31(26)22-30(37)35(27)43-25-7-8-29(36)28(21-25)33-11-15-39-40(32)33/h3-11,14-15,20-22,32,38H,2,12-13,16-19H2,1H3/b9-6+. The number of hydrogen-bond donors (Lipinski definition) is 1. The van der Waals surface area contributed by atoms with Gasteiger partial charge in [0.05, 0.1) is 18.3 Å². The van der Waals surface area contributed by atoms with Gasteiger partial charge in [0.1, 0.15) is 11.6 Å². The summed E-state index contributed by atoms with van der Waals surface area (Å²) < 4.78 is 44.1. The highest BCUT2D eigenvalue weighted by Gasteiger charge is 2.22. The van der Waals surface area contributed by atoms with Gasteiger partial charge in [-0.3, -0.25) is 4.68 Å². The number of thioether (sulfide) groups is 2. The minimum Gasteiger partial charge on any atom is -0.463 e. The zero-order valence-corrected chi connectivity index (χ0v) is 26.4. The Balaban J connectivity index is 1.41. The maximum Gasteiger partial charge on any atom is 0.330 e. The minimum atomic E-state index is -0.466. The van der Waals surface area contributed by atoms with Crippen LogP contribution < -0.4 is 4.74 Å². The van der Waals surface area contributed by atoms with Crippen LogP contribution in [-0.4, -0.2) is 50.4 Å². The summed E-state index contributed by atoms with van der Waals surface area (Å²) in [6.45, 7) is 2.08. The van der Waals surface area contributed by atoms with E-state index in [0.29, 0.717) is 30.0 Å². The van der Waals surface area contributed by atoms with Crippen molar-refractivity contribution in [1.82, 2.24) is 14.8 Å². The van der Waals surface area contributed by atoms with Gasteiger partial charge in [-0.25, -0.2) is 13.6 Å². The predicted octanol–water partition coefficient (Wildman–Crippen LogP) is 8.68. The first kappa shape index (κ1) is 31.0. The fourth-order valence-electron chi connectivity index (χ4n) is 5.59. The molecule has 0 aliphatic carbocycles. The first-order chi connectivity index (χ1) is 22.0. The Labute approximate surface area is 269 Å². The third-order valence-corrected chi connectivity index (χ3v) is 9.92. The average Bonchev–Trinajstić information content (AvgIpc) is 3.71. The Kier molecular flexibility index (Phi) is 9.91. The molecule has 6 nitrogen and oxygen atoms in total. The number of nitrogens with one attached hydrogen (secondary N) is 1. The number of nitrogens with zero attached hydrogens (tertiary/aromatic N) is 2. The van der Waals surface area contributed by atoms with Crippen molar-refractivity contribution < 1.29 is 23.0 Å². The third-order valence-electron chi connectivity index (χ3n) is 7.66. The van der Waals surface area contributed by atoms with Gasteiger partial charge in [-0.05, 0) is 84.9 Å². The number of H-pyrrole nitrogens is 1. The summed E-state index contributed by atoms with van der Waals surface area (Å²) in [5, 5.41) is 5.59. The molecule has 2 aromatic heterocycles. The fourth-order valence-corrected chi connectivity index (χ4v) is 7.68. The number of fused-ring (bicyclic) bond motifs is 7. The molecule has 45 heavy (non-hydrogen) atoms. The Morgan fingerprint density at radius 3 is 2.80 bits per heavy atom. The second-order valence-electron chi connectivity index (χ2n) is 10.5. The van der Waals surface area contributed by atoms with Crippen molar-refractivity contribution in [2.24, 2.45) is 0 Å². The van der Waals surface area contributed by atoms with Gasteiger partial charge in [0.2, 0.25) is 0 Å². The second-order valence-corrected chi connectivity index (χ2v) is 13.0. The molecule has 3 heterocycles. The normalized spacial score (nSPS) is 16.1. The third kappa shape index (κ3) is 7.12. The molecule has 3 aromatic carbocycles. The lowest BCUT2D eigenvalue weighted by atomic mass is 10.0. The number of hydrogen-bond acceptors (Lipinski definition) is 6. The molecule has 0 amide bonds. The molecule has 1 atom stereocenters. The number of halogens is 2. The van der Waals surface area contributed by atoms with Crippen LogP contribution in [0.25, 0.3) is 28.2 Å². The van der Waals surface area contributed by atoms with E-state index in [2.05, 4.69) is 10.1 Å². The van der Waals surface area contributed by atoms with Crippen LogP contribution in [0.5, 0.6) is 11.5 Å². The molecule has 6 rings (SSSR count). The van der Waals surface area contributed by atoms with Crippen LogP contribution in [0.15, 0.2) is 79.1 Å². The number of carbonyl (C=O) groups excluding carboxylic acids is 1. The van der Waals surface area contributed by atoms with Crippen molar-refractivity contribution in [3.8, 4) is 22.8 Å². The van der Waals surface area contributed by atoms with Crippen molar-refractivity contribution in [2.45, 2.75) is 25.8 Å². The Morgan fingerprint density at radius 2 is 1.93 bits per heavy atom. The van der Waals surface area contributed by atoms with Gasteiger partial charge in [0.25, 0.3) is 0 Å². The molecule has 1 aliphatic rings. The van der Waals surface area contributed by atoms with E-state index in [1.807, 2.05) is 58.5 Å². The van der Waals surface area contributed by atoms with Crippen molar-refractivity contribution >= 4 is 46.5 Å². The highest BCUT2D eigenvalue weighted by atomic mass is 32.2. The smallest absolute Gasteiger partial charge is 0.330 e. The SMILES string of the molecule is CCOC(=O)/C=C/c1cccc(C2CCSCCSCCc3c(c(F)cc4[nH]ccc34)Oc3ccc(F)c(c3)-c3ccnn32)c1. The summed E-state index contributed by atoms with van der Waals surface area (Å²) in [6.07, 6.45) is 8.01. The molecule has 0 radical (unpaired) electrons. The van der Waals surface area contributed by atoms with Crippen molar-refractivity contribution in [3.05, 3.63) is 107 Å². The summed E-state index contributed by atoms with van der Waals surface area (Å²) in [5.74, 6) is 2.83. The lowest BCUT2D eigenvalue weighted by molar-refractivity contribution is -0.137. The zero-order chi connectivity index (χ0) is 31.2. The van der Waals surface area contributed by atoms with E-state index in [-0.39, 0.29) is 11.8 Å². The highest BCUT2D eigenvalue weighted by Crippen LogP contribution is 2.38. The summed E-state index contributed by atoms with van der Waals surface area (Å²) >= 11 is 3.70. The first-order valence-electron chi connectivity index (χ1n) is 14.9. The molecular weight excluding hydrogens is 613 g/mol. The van der Waals surface area contributed by atoms with E-state index >= 15 is 8.78 Å². The van der Waals surface area contributed by atoms with Gasteiger partial charge in [-0.2, -0.15) is 28.6 Å². The number of ether oxygens (including phenoxy) is 2. The summed E-state index contributed by atoms with van der Waals surface area (Å²) in [6, 6.07) is 17.4. The van der Waals surface area contributed by atoms with E-state index in [1.54, 1.807) is 37.5 Å². The fraction of sp³-hybridized carbons (Fsp3) is 0.257. The molecule has 2 bridgehead atoms. The van der Waals surface area contributed by atoms with Crippen molar-refractivity contribution in [2.75, 3.05) is 29.6 Å². The number of aryl methyl sites for hydroxylation is 1. The van der Waals surface area contributed by atoms with E-state index in [1.165, 1.54) is 24.3 Å². The van der Waals surface area contributed by atoms with Crippen LogP contribution in [0.1, 0.15) is 36.1 Å². The van der Waals surface area contributed by atoms with Gasteiger partial charge in [-0.15, -0.1) is 0 Å². The monoisotopic (exact) mass is 645 g/mol. The molecule has 0 fully saturated rings. The number of esters is 1. The maximum atomic E-state index is 15.5. The van der Waals surface area contributed by atoms with Crippen molar-refractivity contribution in [3.63, 3.8) is 0 Å². The Morgan fingerprint density at radius 1 is 1.07 bits per heavy atom. The number of aromatic amines is 1. The van der Waals surface area contributed by atoms with Crippen LogP contribution in [0.4, 0.5) is 8.78 Å². The highest BCUT2D eigenvalue weighted by molar-refractivity contribution is 8.02. The van der Waals surface area contributed by atoms with Gasteiger partial charge < -0.3 is 14.5 Å². The predicted molar refractivity (Wildman–Crippen MR) is 179 cm³/mol. The molecule has 5 aromatic rings. The van der Waals surface area contributed by atoms with Crippen LogP contribution >= 0.6 is 23.5 Å². The second kappa shape index (κ2) is 14.4. The number of rotatable bonds is 4. The molecular formula is C35H33F2N3O3S2. The number of carbonyl (C=O) groups is 1. The molecule has 1 unspecified atom stereocenters. The van der Waals surface area contributed by atoms with E-state index in [0.717, 1.165) is 57.0 Å². The average molecular weight is 646 g/mol. The first-order valence-corrected chi connectivity index (χ1v) is 17.2. The number of aromatic nitrogens is 3. The summed E-state index contributed by atoms with van der Waals surface area (Å²) in [5.41, 5.74) is 4.24. The van der Waals surface area contributed by atoms with Gasteiger partial charge in [0.15, 0.2) is 11.6 Å². The van der Waals surface area contributed by atoms with Crippen LogP contribution in [0, 0.1) is 11.6 Å². The van der Waals surface area contributed by atoms with Crippen LogP contribution in [-0.2, 0) is 16.0 Å². The van der Waals surface area contributed by atoms with E-state index in [9.17, 15) is 4.79 Å². The zero-order valence-electron chi connectivity index (χ0n) is 24.8. The largest absolute Gasteiger partial charge is 0.463 e. The lowest BCUT2D eigenvalue weighted by Gasteiger charge is -2.22. The molecule has 0 saturated carbocycles. The molecule has 0 spiro atoms. The van der Waals surface area contributed by atoms with Gasteiger partial charge in [0, 0.05) is 58.1 Å². The summed E-state index contributed by atoms with van der Waals surface area (Å²) in [4.78, 5) is 15.0. The molecule has 10 heteroatoms. The maximum absolute atomic E-state index is 15.5. The molecule has 1 N–H and O–H groups in total. The topological polar surface area (TPSA) is 69.1 Å². The molecule has 0 saturated heterocycles. The Hall–Kier alpha value is -4.02.